The molecule has 3 heterocycles. The molecule has 8 nitrogen and oxygen atoms in total. The average molecular weight is 340 g/mol. The Balaban J connectivity index is 1.48. The van der Waals surface area contributed by atoms with Crippen LogP contribution in [0.4, 0.5) is 0 Å². The third-order valence-corrected chi connectivity index (χ3v) is 4.53. The third kappa shape index (κ3) is 3.00. The maximum absolute atomic E-state index is 12.7. The number of hydrogen-bond donors (Lipinski definition) is 0. The zero-order valence-electron chi connectivity index (χ0n) is 14.1. The Morgan fingerprint density at radius 1 is 1.36 bits per heavy atom. The summed E-state index contributed by atoms with van der Waals surface area (Å²) in [5.74, 6) is 0.800. The normalized spacial score (nSPS) is 18.0. The van der Waals surface area contributed by atoms with E-state index in [1.807, 2.05) is 40.7 Å². The topological polar surface area (TPSA) is 78.1 Å². The van der Waals surface area contributed by atoms with Gasteiger partial charge in [-0.15, -0.1) is 10.2 Å². The lowest BCUT2D eigenvalue weighted by Crippen LogP contribution is -2.44. The second-order valence-electron chi connectivity index (χ2n) is 6.04. The van der Waals surface area contributed by atoms with Gasteiger partial charge in [0, 0.05) is 18.5 Å². The highest BCUT2D eigenvalue weighted by Gasteiger charge is 2.28. The van der Waals surface area contributed by atoms with E-state index < -0.39 is 0 Å². The van der Waals surface area contributed by atoms with Crippen LogP contribution in [0.1, 0.15) is 18.9 Å². The van der Waals surface area contributed by atoms with Crippen LogP contribution >= 0.6 is 0 Å². The van der Waals surface area contributed by atoms with Gasteiger partial charge in [-0.3, -0.25) is 9.48 Å². The summed E-state index contributed by atoms with van der Waals surface area (Å²) in [5, 5.41) is 13.5. The molecule has 2 aromatic heterocycles. The molecule has 3 aromatic rings. The van der Waals surface area contributed by atoms with E-state index in [0.29, 0.717) is 19.7 Å². The number of carbonyl (C=O) groups excluding carboxylic acids is 1. The number of amides is 1. The van der Waals surface area contributed by atoms with Crippen molar-refractivity contribution >= 4 is 16.8 Å². The van der Waals surface area contributed by atoms with Gasteiger partial charge in [0.05, 0.1) is 24.9 Å². The van der Waals surface area contributed by atoms with Crippen LogP contribution in [0.15, 0.2) is 36.8 Å². The van der Waals surface area contributed by atoms with Crippen molar-refractivity contribution in [3.63, 3.8) is 0 Å². The Morgan fingerprint density at radius 2 is 2.24 bits per heavy atom. The molecule has 0 aliphatic carbocycles. The van der Waals surface area contributed by atoms with Gasteiger partial charge in [0.25, 0.3) is 0 Å². The number of hydrogen-bond acceptors (Lipinski definition) is 5. The lowest BCUT2D eigenvalue weighted by molar-refractivity contribution is -0.140. The van der Waals surface area contributed by atoms with Gasteiger partial charge in [-0.2, -0.15) is 5.10 Å². The second-order valence-corrected chi connectivity index (χ2v) is 6.04. The zero-order chi connectivity index (χ0) is 17.2. The van der Waals surface area contributed by atoms with Gasteiger partial charge in [-0.1, -0.05) is 18.2 Å². The van der Waals surface area contributed by atoms with E-state index in [4.69, 9.17) is 4.74 Å². The Bertz CT molecular complexity index is 886. The smallest absolute Gasteiger partial charge is 0.244 e. The highest BCUT2D eigenvalue weighted by Crippen LogP contribution is 2.21. The lowest BCUT2D eigenvalue weighted by Gasteiger charge is -2.32. The van der Waals surface area contributed by atoms with Crippen molar-refractivity contribution in [2.24, 2.45) is 0 Å². The Labute approximate surface area is 145 Å². The molecule has 8 heteroatoms. The monoisotopic (exact) mass is 340 g/mol. The number of morpholine rings is 1. The molecule has 1 saturated heterocycles. The molecule has 25 heavy (non-hydrogen) atoms. The molecule has 0 saturated carbocycles. The van der Waals surface area contributed by atoms with E-state index in [1.165, 1.54) is 0 Å². The molecule has 0 radical (unpaired) electrons. The van der Waals surface area contributed by atoms with Crippen molar-refractivity contribution in [3.8, 4) is 0 Å². The minimum absolute atomic E-state index is 0.0321. The van der Waals surface area contributed by atoms with Gasteiger partial charge < -0.3 is 14.2 Å². The van der Waals surface area contributed by atoms with Gasteiger partial charge in [0.1, 0.15) is 19.0 Å². The van der Waals surface area contributed by atoms with Crippen LogP contribution < -0.4 is 0 Å². The minimum atomic E-state index is -0.241. The fraction of sp³-hybridized carbons (Fsp3) is 0.412. The molecule has 1 atom stereocenters. The number of para-hydroxylation sites is 1. The molecule has 1 aromatic carbocycles. The first kappa shape index (κ1) is 15.8. The summed E-state index contributed by atoms with van der Waals surface area (Å²) in [7, 11) is 0. The number of fused-ring (bicyclic) bond motifs is 1. The first-order chi connectivity index (χ1) is 12.3. The van der Waals surface area contributed by atoms with Gasteiger partial charge in [0.2, 0.25) is 5.91 Å². The molecule has 1 fully saturated rings. The molecule has 0 unspecified atom stereocenters. The predicted molar refractivity (Wildman–Crippen MR) is 90.7 cm³/mol. The predicted octanol–water partition coefficient (Wildman–Crippen LogP) is 1.25. The highest BCUT2D eigenvalue weighted by molar-refractivity contribution is 5.82. The quantitative estimate of drug-likeness (QED) is 0.714. The molecule has 0 bridgehead atoms. The van der Waals surface area contributed by atoms with E-state index in [0.717, 1.165) is 23.3 Å². The Morgan fingerprint density at radius 3 is 3.12 bits per heavy atom. The molecule has 1 amide bonds. The van der Waals surface area contributed by atoms with Crippen LogP contribution in [-0.2, 0) is 22.6 Å². The Kier molecular flexibility index (Phi) is 4.19. The summed E-state index contributed by atoms with van der Waals surface area (Å²) in [4.78, 5) is 14.6. The van der Waals surface area contributed by atoms with Gasteiger partial charge in [-0.05, 0) is 13.0 Å². The maximum atomic E-state index is 12.7. The number of carbonyl (C=O) groups is 1. The van der Waals surface area contributed by atoms with Gasteiger partial charge in [0.15, 0.2) is 5.82 Å². The number of ether oxygens (including phenoxy) is 1. The van der Waals surface area contributed by atoms with Crippen LogP contribution in [0, 0.1) is 0 Å². The third-order valence-electron chi connectivity index (χ3n) is 4.53. The summed E-state index contributed by atoms with van der Waals surface area (Å²) in [6.45, 7) is 4.58. The number of aryl methyl sites for hydroxylation is 1. The molecular formula is C17H20N6O2. The zero-order valence-corrected chi connectivity index (χ0v) is 14.1. The molecule has 0 spiro atoms. The van der Waals surface area contributed by atoms with Crippen LogP contribution in [0.5, 0.6) is 0 Å². The van der Waals surface area contributed by atoms with Crippen molar-refractivity contribution in [1.82, 2.24) is 29.4 Å². The van der Waals surface area contributed by atoms with Crippen molar-refractivity contribution in [1.29, 1.82) is 0 Å². The van der Waals surface area contributed by atoms with Crippen LogP contribution in [-0.4, -0.2) is 55.0 Å². The van der Waals surface area contributed by atoms with Gasteiger partial charge in [-0.25, -0.2) is 0 Å². The summed E-state index contributed by atoms with van der Waals surface area (Å²) < 4.78 is 9.50. The van der Waals surface area contributed by atoms with Crippen molar-refractivity contribution < 1.29 is 9.53 Å². The summed E-state index contributed by atoms with van der Waals surface area (Å²) in [6, 6.07) is 7.88. The molecule has 4 rings (SSSR count). The SMILES string of the molecule is CCn1cnnc1[C@H]1CN(C(=O)Cn2ncc3ccccc32)CCO1. The second kappa shape index (κ2) is 6.64. The van der Waals surface area contributed by atoms with Crippen molar-refractivity contribution in [3.05, 3.63) is 42.6 Å². The largest absolute Gasteiger partial charge is 0.366 e. The lowest BCUT2D eigenvalue weighted by atomic mass is 10.2. The molecule has 1 aliphatic heterocycles. The van der Waals surface area contributed by atoms with E-state index in [9.17, 15) is 4.79 Å². The molecule has 130 valence electrons. The number of benzene rings is 1. The molecule has 1 aliphatic rings. The van der Waals surface area contributed by atoms with E-state index in [1.54, 1.807) is 17.2 Å². The Hall–Kier alpha value is -2.74. The van der Waals surface area contributed by atoms with E-state index in [-0.39, 0.29) is 18.6 Å². The number of rotatable bonds is 4. The highest BCUT2D eigenvalue weighted by atomic mass is 16.5. The number of aromatic nitrogens is 5. The number of nitrogens with zero attached hydrogens (tertiary/aromatic N) is 6. The molecular weight excluding hydrogens is 320 g/mol. The first-order valence-corrected chi connectivity index (χ1v) is 8.44. The standard InChI is InChI=1S/C17H20N6O2/c1-2-21-12-18-20-17(21)15-10-22(7-8-25-15)16(24)11-23-14-6-4-3-5-13(14)9-19-23/h3-6,9,12,15H,2,7-8,10-11H2,1H3/t15-/m1/s1. The summed E-state index contributed by atoms with van der Waals surface area (Å²) >= 11 is 0. The molecule has 0 N–H and O–H groups in total. The fourth-order valence-corrected chi connectivity index (χ4v) is 3.17. The minimum Gasteiger partial charge on any atom is -0.366 e. The van der Waals surface area contributed by atoms with Crippen molar-refractivity contribution in [2.75, 3.05) is 19.7 Å². The van der Waals surface area contributed by atoms with E-state index >= 15 is 0 Å². The van der Waals surface area contributed by atoms with Crippen LogP contribution in [0.25, 0.3) is 10.9 Å². The summed E-state index contributed by atoms with van der Waals surface area (Å²) in [6.07, 6.45) is 3.23. The van der Waals surface area contributed by atoms with Crippen LogP contribution in [0.2, 0.25) is 0 Å². The average Bonchev–Trinajstić information content (AvgIpc) is 3.29. The first-order valence-electron chi connectivity index (χ1n) is 8.44. The van der Waals surface area contributed by atoms with E-state index in [2.05, 4.69) is 15.3 Å². The summed E-state index contributed by atoms with van der Waals surface area (Å²) in [5.41, 5.74) is 0.964. The van der Waals surface area contributed by atoms with Gasteiger partial charge >= 0.3 is 0 Å². The van der Waals surface area contributed by atoms with Crippen molar-refractivity contribution in [2.45, 2.75) is 26.1 Å². The fourth-order valence-electron chi connectivity index (χ4n) is 3.17. The van der Waals surface area contributed by atoms with Crippen LogP contribution in [0.3, 0.4) is 0 Å². The maximum Gasteiger partial charge on any atom is 0.244 e.